The van der Waals surface area contributed by atoms with E-state index in [0.717, 1.165) is 80.5 Å². The Labute approximate surface area is 296 Å². The Morgan fingerprint density at radius 2 is 1.04 bits per heavy atom. The summed E-state index contributed by atoms with van der Waals surface area (Å²) in [5.74, 6) is 1.50. The van der Waals surface area contributed by atoms with E-state index in [0.29, 0.717) is 37.3 Å². The Bertz CT molecular complexity index is 2310. The van der Waals surface area contributed by atoms with Gasteiger partial charge < -0.3 is 19.8 Å². The number of aromatic nitrogens is 10. The maximum atomic E-state index is 12.6. The number of nitrogens with zero attached hydrogens (tertiary/aromatic N) is 8. The molecule has 14 nitrogen and oxygen atoms in total. The summed E-state index contributed by atoms with van der Waals surface area (Å²) in [6.45, 7) is 2.31. The topological polar surface area (TPSA) is 181 Å². The molecule has 2 aliphatic heterocycles. The van der Waals surface area contributed by atoms with Crippen LogP contribution >= 0.6 is 0 Å². The Hall–Kier alpha value is -6.96. The third-order valence-electron chi connectivity index (χ3n) is 9.49. The van der Waals surface area contributed by atoms with Crippen molar-refractivity contribution in [3.8, 4) is 23.0 Å². The summed E-state index contributed by atoms with van der Waals surface area (Å²) in [7, 11) is 0. The average Bonchev–Trinajstić information content (AvgIpc) is 4.01. The first-order valence-corrected chi connectivity index (χ1v) is 17.0. The second-order valence-corrected chi connectivity index (χ2v) is 12.7. The lowest BCUT2D eigenvalue weighted by Crippen LogP contribution is -2.36. The SMILES string of the molecule is O=C(c1cccnc1)N1CCc2c(-c3nc4ccccc4[nH]3)n[nH]c2C1.O=C(c1cccnc1)N1CCc2c(-c3nc4ccccc4[nH]3)n[nH]c2C1. The van der Waals surface area contributed by atoms with Crippen molar-refractivity contribution < 1.29 is 9.59 Å². The van der Waals surface area contributed by atoms with Gasteiger partial charge in [0.25, 0.3) is 11.8 Å². The van der Waals surface area contributed by atoms with Gasteiger partial charge in [0.05, 0.1) is 57.7 Å². The molecule has 0 saturated heterocycles. The molecule has 10 rings (SSSR count). The van der Waals surface area contributed by atoms with Crippen LogP contribution in [0.25, 0.3) is 45.1 Å². The van der Waals surface area contributed by atoms with E-state index < -0.39 is 0 Å². The highest BCUT2D eigenvalue weighted by Crippen LogP contribution is 2.30. The number of benzene rings is 2. The Kier molecular flexibility index (Phi) is 7.80. The quantitative estimate of drug-likeness (QED) is 0.197. The van der Waals surface area contributed by atoms with Crippen LogP contribution in [0.2, 0.25) is 0 Å². The van der Waals surface area contributed by atoms with Crippen LogP contribution in [0.15, 0.2) is 97.6 Å². The van der Waals surface area contributed by atoms with Gasteiger partial charge in [-0.1, -0.05) is 24.3 Å². The fourth-order valence-corrected chi connectivity index (χ4v) is 6.85. The number of amides is 2. The van der Waals surface area contributed by atoms with Crippen molar-refractivity contribution in [3.63, 3.8) is 0 Å². The Morgan fingerprint density at radius 3 is 1.46 bits per heavy atom. The summed E-state index contributed by atoms with van der Waals surface area (Å²) in [4.78, 5) is 52.9. The predicted octanol–water partition coefficient (Wildman–Crippen LogP) is 5.09. The highest BCUT2D eigenvalue weighted by Gasteiger charge is 2.28. The van der Waals surface area contributed by atoms with Crippen LogP contribution in [-0.2, 0) is 25.9 Å². The molecule has 2 aliphatic rings. The number of pyridine rings is 2. The lowest BCUT2D eigenvalue weighted by atomic mass is 10.0. The van der Waals surface area contributed by atoms with Crippen LogP contribution in [0.3, 0.4) is 0 Å². The molecule has 6 aromatic heterocycles. The first-order chi connectivity index (χ1) is 25.6. The zero-order chi connectivity index (χ0) is 35.0. The van der Waals surface area contributed by atoms with Crippen LogP contribution in [-0.4, -0.2) is 85.0 Å². The molecule has 2 amide bonds. The number of hydrogen-bond acceptors (Lipinski definition) is 8. The molecule has 0 saturated carbocycles. The second-order valence-electron chi connectivity index (χ2n) is 12.7. The van der Waals surface area contributed by atoms with Crippen molar-refractivity contribution in [1.82, 2.24) is 60.1 Å². The fourth-order valence-electron chi connectivity index (χ4n) is 6.85. The minimum Gasteiger partial charge on any atom is -0.337 e. The third kappa shape index (κ3) is 5.75. The van der Waals surface area contributed by atoms with Crippen molar-refractivity contribution in [2.45, 2.75) is 25.9 Å². The lowest BCUT2D eigenvalue weighted by molar-refractivity contribution is 0.0725. The molecular formula is C38H32N12O2. The van der Waals surface area contributed by atoms with Gasteiger partial charge in [-0.3, -0.25) is 29.8 Å². The van der Waals surface area contributed by atoms with Crippen molar-refractivity contribution in [1.29, 1.82) is 0 Å². The number of H-pyrrole nitrogens is 4. The lowest BCUT2D eigenvalue weighted by Gasteiger charge is -2.26. The summed E-state index contributed by atoms with van der Waals surface area (Å²) >= 11 is 0. The van der Waals surface area contributed by atoms with E-state index in [9.17, 15) is 9.59 Å². The van der Waals surface area contributed by atoms with E-state index in [-0.39, 0.29) is 11.8 Å². The van der Waals surface area contributed by atoms with Crippen LogP contribution in [0, 0.1) is 0 Å². The molecule has 14 heteroatoms. The van der Waals surface area contributed by atoms with Gasteiger partial charge in [0.1, 0.15) is 11.4 Å². The molecule has 0 atom stereocenters. The first-order valence-electron chi connectivity index (χ1n) is 17.0. The molecule has 0 radical (unpaired) electrons. The zero-order valence-electron chi connectivity index (χ0n) is 27.9. The zero-order valence-corrected chi connectivity index (χ0v) is 27.9. The van der Waals surface area contributed by atoms with E-state index in [2.05, 4.69) is 50.3 Å². The van der Waals surface area contributed by atoms with E-state index in [1.807, 2.05) is 58.3 Å². The first kappa shape index (κ1) is 31.1. The Balaban J connectivity index is 0.000000138. The Morgan fingerprint density at radius 1 is 0.577 bits per heavy atom. The molecule has 0 bridgehead atoms. The minimum atomic E-state index is -0.0105. The van der Waals surface area contributed by atoms with Gasteiger partial charge >= 0.3 is 0 Å². The summed E-state index contributed by atoms with van der Waals surface area (Å²) in [6.07, 6.45) is 8.02. The molecule has 0 unspecified atom stereocenters. The number of para-hydroxylation sites is 4. The number of rotatable bonds is 4. The number of hydrogen-bond donors (Lipinski definition) is 4. The van der Waals surface area contributed by atoms with Crippen LogP contribution in [0.5, 0.6) is 0 Å². The number of aromatic amines is 4. The molecule has 2 aromatic carbocycles. The van der Waals surface area contributed by atoms with Gasteiger partial charge in [0.15, 0.2) is 11.6 Å². The van der Waals surface area contributed by atoms with E-state index in [4.69, 9.17) is 0 Å². The van der Waals surface area contributed by atoms with Gasteiger partial charge in [-0.25, -0.2) is 9.97 Å². The van der Waals surface area contributed by atoms with Crippen LogP contribution < -0.4 is 0 Å². The highest BCUT2D eigenvalue weighted by molar-refractivity contribution is 5.94. The average molecular weight is 689 g/mol. The van der Waals surface area contributed by atoms with Crippen molar-refractivity contribution >= 4 is 33.9 Å². The van der Waals surface area contributed by atoms with E-state index >= 15 is 0 Å². The van der Waals surface area contributed by atoms with E-state index in [1.165, 1.54) is 0 Å². The predicted molar refractivity (Wildman–Crippen MR) is 193 cm³/mol. The maximum Gasteiger partial charge on any atom is 0.255 e. The smallest absolute Gasteiger partial charge is 0.255 e. The van der Waals surface area contributed by atoms with Gasteiger partial charge in [-0.15, -0.1) is 0 Å². The maximum absolute atomic E-state index is 12.6. The number of nitrogens with one attached hydrogen (secondary N) is 4. The standard InChI is InChI=1S/2C19H16N6O/c2*26-19(12-4-3-8-20-10-12)25-9-7-13-16(11-25)23-24-17(13)18-21-14-5-1-2-6-15(14)22-18/h2*1-6,8,10H,7,9,11H2,(H,21,22)(H,23,24). The van der Waals surface area contributed by atoms with Crippen LogP contribution in [0.1, 0.15) is 43.2 Å². The molecule has 0 fully saturated rings. The van der Waals surface area contributed by atoms with Crippen LogP contribution in [0.4, 0.5) is 0 Å². The second kappa shape index (κ2) is 13.1. The molecule has 256 valence electrons. The number of fused-ring (bicyclic) bond motifs is 4. The summed E-state index contributed by atoms with van der Waals surface area (Å²) in [6, 6.07) is 23.0. The van der Waals surface area contributed by atoms with Gasteiger partial charge in [-0.05, 0) is 61.4 Å². The minimum absolute atomic E-state index is 0.0105. The molecule has 8 aromatic rings. The largest absolute Gasteiger partial charge is 0.337 e. The van der Waals surface area contributed by atoms with Crippen molar-refractivity contribution in [2.75, 3.05) is 13.1 Å². The number of imidazole rings is 2. The summed E-state index contributed by atoms with van der Waals surface area (Å²) in [5.41, 5.74) is 10.9. The van der Waals surface area contributed by atoms with E-state index in [1.54, 1.807) is 49.1 Å². The third-order valence-corrected chi connectivity index (χ3v) is 9.49. The van der Waals surface area contributed by atoms with Crippen molar-refractivity contribution in [3.05, 3.63) is 131 Å². The number of carbonyl (C=O) groups is 2. The van der Waals surface area contributed by atoms with Gasteiger partial charge in [-0.2, -0.15) is 10.2 Å². The number of carbonyl (C=O) groups excluding carboxylic acids is 2. The molecule has 0 aliphatic carbocycles. The van der Waals surface area contributed by atoms with Crippen molar-refractivity contribution in [2.24, 2.45) is 0 Å². The van der Waals surface area contributed by atoms with Gasteiger partial charge in [0.2, 0.25) is 0 Å². The summed E-state index contributed by atoms with van der Waals surface area (Å²) in [5, 5.41) is 15.1. The monoisotopic (exact) mass is 688 g/mol. The summed E-state index contributed by atoms with van der Waals surface area (Å²) < 4.78 is 0. The normalized spacial score (nSPS) is 13.8. The van der Waals surface area contributed by atoms with Gasteiger partial charge in [0, 0.05) is 49.0 Å². The molecule has 0 spiro atoms. The molecule has 52 heavy (non-hydrogen) atoms. The molecule has 8 heterocycles. The highest BCUT2D eigenvalue weighted by atomic mass is 16.2. The molecular weight excluding hydrogens is 656 g/mol. The fraction of sp³-hybridized carbons (Fsp3) is 0.158. The molecule has 4 N–H and O–H groups in total.